The van der Waals surface area contributed by atoms with E-state index in [1.807, 2.05) is 12.3 Å². The molecule has 1 aromatic carbocycles. The van der Waals surface area contributed by atoms with Crippen molar-refractivity contribution in [2.24, 2.45) is 0 Å². The van der Waals surface area contributed by atoms with Gasteiger partial charge in [-0.2, -0.15) is 5.10 Å². The number of morpholine rings is 1. The molecule has 0 aliphatic carbocycles. The molecule has 3 heterocycles. The molecule has 0 saturated carbocycles. The van der Waals surface area contributed by atoms with Crippen LogP contribution in [0.15, 0.2) is 42.7 Å². The van der Waals surface area contributed by atoms with Gasteiger partial charge in [-0.25, -0.2) is 0 Å². The number of ether oxygens (including phenoxy) is 1. The minimum absolute atomic E-state index is 0.327. The van der Waals surface area contributed by atoms with E-state index in [0.29, 0.717) is 6.04 Å². The number of benzene rings is 1. The second kappa shape index (κ2) is 7.47. The van der Waals surface area contributed by atoms with Crippen LogP contribution in [0, 0.1) is 0 Å². The molecule has 5 heteroatoms. The van der Waals surface area contributed by atoms with Crippen LogP contribution in [0.2, 0.25) is 0 Å². The fourth-order valence-electron chi connectivity index (χ4n) is 3.86. The van der Waals surface area contributed by atoms with Gasteiger partial charge < -0.3 is 4.74 Å². The first-order valence-corrected chi connectivity index (χ1v) is 8.99. The van der Waals surface area contributed by atoms with Crippen LogP contribution in [0.3, 0.4) is 0 Å². The highest BCUT2D eigenvalue weighted by Gasteiger charge is 2.26. The Balaban J connectivity index is 1.40. The van der Waals surface area contributed by atoms with Crippen molar-refractivity contribution in [3.63, 3.8) is 0 Å². The topological polar surface area (TPSA) is 33.5 Å². The van der Waals surface area contributed by atoms with Crippen LogP contribution in [-0.2, 0) is 11.3 Å². The Morgan fingerprint density at radius 2 is 1.88 bits per heavy atom. The molecule has 1 saturated heterocycles. The van der Waals surface area contributed by atoms with Crippen LogP contribution in [-0.4, -0.2) is 65.5 Å². The first kappa shape index (κ1) is 15.8. The van der Waals surface area contributed by atoms with Crippen molar-refractivity contribution in [3.8, 4) is 0 Å². The minimum atomic E-state index is 0.327. The molecule has 0 N–H and O–H groups in total. The van der Waals surface area contributed by atoms with Crippen molar-refractivity contribution in [1.29, 1.82) is 0 Å². The summed E-state index contributed by atoms with van der Waals surface area (Å²) in [5.74, 6) is 0. The number of hydrogen-bond donors (Lipinski definition) is 0. The van der Waals surface area contributed by atoms with E-state index < -0.39 is 0 Å². The predicted molar refractivity (Wildman–Crippen MR) is 94.0 cm³/mol. The number of nitrogens with zero attached hydrogens (tertiary/aromatic N) is 4. The van der Waals surface area contributed by atoms with E-state index in [1.165, 1.54) is 24.1 Å². The smallest absolute Gasteiger partial charge is 0.0898 e. The van der Waals surface area contributed by atoms with E-state index in [1.54, 1.807) is 0 Å². The summed E-state index contributed by atoms with van der Waals surface area (Å²) >= 11 is 0. The molecule has 0 amide bonds. The minimum Gasteiger partial charge on any atom is -0.379 e. The Morgan fingerprint density at radius 3 is 2.71 bits per heavy atom. The van der Waals surface area contributed by atoms with Crippen molar-refractivity contribution in [2.75, 3.05) is 45.9 Å². The van der Waals surface area contributed by atoms with Gasteiger partial charge >= 0.3 is 0 Å². The van der Waals surface area contributed by atoms with Gasteiger partial charge in [-0.05, 0) is 36.7 Å². The third kappa shape index (κ3) is 3.53. The molecule has 0 radical (unpaired) electrons. The summed E-state index contributed by atoms with van der Waals surface area (Å²) in [5, 5.41) is 4.49. The van der Waals surface area contributed by atoms with E-state index in [2.05, 4.69) is 50.0 Å². The monoisotopic (exact) mass is 326 g/mol. The zero-order valence-electron chi connectivity index (χ0n) is 14.2. The predicted octanol–water partition coefficient (Wildman–Crippen LogP) is 2.01. The van der Waals surface area contributed by atoms with Crippen molar-refractivity contribution in [2.45, 2.75) is 19.0 Å². The zero-order valence-corrected chi connectivity index (χ0v) is 14.2. The Labute approximate surface area is 143 Å². The van der Waals surface area contributed by atoms with Gasteiger partial charge in [-0.1, -0.05) is 24.3 Å². The lowest BCUT2D eigenvalue weighted by Gasteiger charge is -2.35. The van der Waals surface area contributed by atoms with E-state index in [9.17, 15) is 0 Å². The standard InChI is InChI=1S/C19H26N4O/c1-2-6-18-17(5-1)15-22(16-19(18)23-10-3-7-20-23)9-4-8-21-11-13-24-14-12-21/h1-3,5-7,10,19H,4,8-9,11-16H2. The van der Waals surface area contributed by atoms with Gasteiger partial charge in [0.05, 0.1) is 19.3 Å². The average Bonchev–Trinajstić information content (AvgIpc) is 3.16. The number of hydrogen-bond acceptors (Lipinski definition) is 4. The van der Waals surface area contributed by atoms with Crippen LogP contribution in [0.25, 0.3) is 0 Å². The lowest BCUT2D eigenvalue weighted by molar-refractivity contribution is 0.0357. The molecule has 4 rings (SSSR count). The van der Waals surface area contributed by atoms with Gasteiger partial charge in [0.2, 0.25) is 0 Å². The molecule has 0 spiro atoms. The van der Waals surface area contributed by atoms with E-state index in [4.69, 9.17) is 4.74 Å². The highest BCUT2D eigenvalue weighted by Crippen LogP contribution is 2.29. The Morgan fingerprint density at radius 1 is 1.04 bits per heavy atom. The Hall–Kier alpha value is -1.69. The first-order valence-electron chi connectivity index (χ1n) is 8.99. The second-order valence-electron chi connectivity index (χ2n) is 6.74. The van der Waals surface area contributed by atoms with E-state index in [-0.39, 0.29) is 0 Å². The van der Waals surface area contributed by atoms with E-state index in [0.717, 1.165) is 45.9 Å². The van der Waals surface area contributed by atoms with Gasteiger partial charge in [-0.3, -0.25) is 14.5 Å². The normalized spacial score (nSPS) is 22.4. The molecular formula is C19H26N4O. The SMILES string of the molecule is c1ccc2c(c1)CN(CCCN1CCOCC1)CC2n1cccn1. The van der Waals surface area contributed by atoms with Gasteiger partial charge in [-0.15, -0.1) is 0 Å². The van der Waals surface area contributed by atoms with Crippen LogP contribution < -0.4 is 0 Å². The average molecular weight is 326 g/mol. The highest BCUT2D eigenvalue weighted by atomic mass is 16.5. The quantitative estimate of drug-likeness (QED) is 0.842. The van der Waals surface area contributed by atoms with Crippen molar-refractivity contribution >= 4 is 0 Å². The fourth-order valence-corrected chi connectivity index (χ4v) is 3.86. The highest BCUT2D eigenvalue weighted by molar-refractivity contribution is 5.32. The third-order valence-electron chi connectivity index (χ3n) is 5.14. The molecular weight excluding hydrogens is 300 g/mol. The molecule has 5 nitrogen and oxygen atoms in total. The maximum Gasteiger partial charge on any atom is 0.0898 e. The summed E-state index contributed by atoms with van der Waals surface area (Å²) < 4.78 is 7.53. The summed E-state index contributed by atoms with van der Waals surface area (Å²) in [4.78, 5) is 5.10. The first-order chi connectivity index (χ1) is 11.9. The summed E-state index contributed by atoms with van der Waals surface area (Å²) in [6, 6.07) is 11.2. The summed E-state index contributed by atoms with van der Waals surface area (Å²) in [5.41, 5.74) is 2.86. The van der Waals surface area contributed by atoms with Crippen LogP contribution >= 0.6 is 0 Å². The molecule has 128 valence electrons. The van der Waals surface area contributed by atoms with Gasteiger partial charge in [0.1, 0.15) is 0 Å². The lowest BCUT2D eigenvalue weighted by Crippen LogP contribution is -2.40. The summed E-state index contributed by atoms with van der Waals surface area (Å²) in [6.45, 7) is 8.35. The summed E-state index contributed by atoms with van der Waals surface area (Å²) in [7, 11) is 0. The lowest BCUT2D eigenvalue weighted by atomic mass is 9.95. The number of rotatable bonds is 5. The molecule has 0 bridgehead atoms. The Bertz CT molecular complexity index is 637. The van der Waals surface area contributed by atoms with Gasteiger partial charge in [0.25, 0.3) is 0 Å². The maximum absolute atomic E-state index is 5.43. The molecule has 1 unspecified atom stereocenters. The van der Waals surface area contributed by atoms with Crippen molar-refractivity contribution < 1.29 is 4.74 Å². The molecule has 24 heavy (non-hydrogen) atoms. The zero-order chi connectivity index (χ0) is 16.2. The van der Waals surface area contributed by atoms with Crippen LogP contribution in [0.4, 0.5) is 0 Å². The van der Waals surface area contributed by atoms with Crippen molar-refractivity contribution in [1.82, 2.24) is 19.6 Å². The van der Waals surface area contributed by atoms with Crippen LogP contribution in [0.1, 0.15) is 23.6 Å². The Kier molecular flexibility index (Phi) is 4.92. The fraction of sp³-hybridized carbons (Fsp3) is 0.526. The van der Waals surface area contributed by atoms with Gasteiger partial charge in [0, 0.05) is 38.6 Å². The molecule has 2 aliphatic rings. The molecule has 2 aliphatic heterocycles. The molecule has 1 atom stereocenters. The molecule has 1 aromatic heterocycles. The summed E-state index contributed by atoms with van der Waals surface area (Å²) in [6.07, 6.45) is 5.17. The molecule has 2 aromatic rings. The van der Waals surface area contributed by atoms with Gasteiger partial charge in [0.15, 0.2) is 0 Å². The van der Waals surface area contributed by atoms with Crippen molar-refractivity contribution in [3.05, 3.63) is 53.9 Å². The third-order valence-corrected chi connectivity index (χ3v) is 5.14. The largest absolute Gasteiger partial charge is 0.379 e. The van der Waals surface area contributed by atoms with Crippen LogP contribution in [0.5, 0.6) is 0 Å². The number of aromatic nitrogens is 2. The number of fused-ring (bicyclic) bond motifs is 1. The molecule has 1 fully saturated rings. The maximum atomic E-state index is 5.43. The van der Waals surface area contributed by atoms with E-state index >= 15 is 0 Å². The second-order valence-corrected chi connectivity index (χ2v) is 6.74.